The van der Waals surface area contributed by atoms with Crippen LogP contribution in [0.1, 0.15) is 17.5 Å². The predicted molar refractivity (Wildman–Crippen MR) is 63.9 cm³/mol. The monoisotopic (exact) mass is 221 g/mol. The van der Waals surface area contributed by atoms with E-state index in [0.717, 1.165) is 12.2 Å². The van der Waals surface area contributed by atoms with Gasteiger partial charge in [0.05, 0.1) is 0 Å². The summed E-state index contributed by atoms with van der Waals surface area (Å²) in [6, 6.07) is 6.24. The molecule has 0 radical (unpaired) electrons. The van der Waals surface area contributed by atoms with Crippen LogP contribution in [-0.2, 0) is 12.8 Å². The smallest absolute Gasteiger partial charge is 0.119 e. The first-order valence-corrected chi connectivity index (χ1v) is 5.87. The lowest BCUT2D eigenvalue weighted by Gasteiger charge is -2.12. The number of aliphatic hydroxyl groups excluding tert-OH is 1. The Bertz CT molecular complexity index is 352. The zero-order valence-electron chi connectivity index (χ0n) is 9.70. The Morgan fingerprint density at radius 2 is 2.19 bits per heavy atom. The summed E-state index contributed by atoms with van der Waals surface area (Å²) in [4.78, 5) is 0. The minimum absolute atomic E-state index is 0.347. The van der Waals surface area contributed by atoms with Crippen molar-refractivity contribution in [3.8, 4) is 5.75 Å². The highest BCUT2D eigenvalue weighted by Gasteiger charge is 2.11. The lowest BCUT2D eigenvalue weighted by molar-refractivity contribution is 0.108. The average molecular weight is 221 g/mol. The van der Waals surface area contributed by atoms with Gasteiger partial charge in [0, 0.05) is 6.54 Å². The first kappa shape index (κ1) is 11.4. The van der Waals surface area contributed by atoms with Gasteiger partial charge in [-0.1, -0.05) is 6.07 Å². The SMILES string of the molecule is CNCC(O)COc1ccc2c(c1)CCC2. The molecule has 0 saturated heterocycles. The minimum Gasteiger partial charge on any atom is -0.491 e. The molecule has 2 rings (SSSR count). The molecule has 1 aliphatic rings. The molecule has 0 saturated carbocycles. The molecule has 1 aliphatic carbocycles. The predicted octanol–water partition coefficient (Wildman–Crippen LogP) is 1.13. The Balaban J connectivity index is 1.90. The van der Waals surface area contributed by atoms with Crippen LogP contribution < -0.4 is 10.1 Å². The highest BCUT2D eigenvalue weighted by molar-refractivity contribution is 5.38. The summed E-state index contributed by atoms with van der Waals surface area (Å²) in [7, 11) is 1.82. The van der Waals surface area contributed by atoms with Crippen LogP contribution in [0.3, 0.4) is 0 Å². The van der Waals surface area contributed by atoms with Crippen LogP contribution in [-0.4, -0.2) is 31.4 Å². The van der Waals surface area contributed by atoms with E-state index in [2.05, 4.69) is 17.4 Å². The molecule has 3 nitrogen and oxygen atoms in total. The summed E-state index contributed by atoms with van der Waals surface area (Å²) >= 11 is 0. The van der Waals surface area contributed by atoms with Crippen molar-refractivity contribution in [1.82, 2.24) is 5.32 Å². The molecule has 1 aromatic rings. The largest absolute Gasteiger partial charge is 0.491 e. The molecule has 1 aromatic carbocycles. The van der Waals surface area contributed by atoms with Crippen molar-refractivity contribution in [3.63, 3.8) is 0 Å². The molecular weight excluding hydrogens is 202 g/mol. The van der Waals surface area contributed by atoms with Crippen molar-refractivity contribution < 1.29 is 9.84 Å². The number of hydrogen-bond acceptors (Lipinski definition) is 3. The molecule has 16 heavy (non-hydrogen) atoms. The number of likely N-dealkylation sites (N-methyl/N-ethyl adjacent to an activating group) is 1. The van der Waals surface area contributed by atoms with E-state index in [0.29, 0.717) is 13.2 Å². The maximum Gasteiger partial charge on any atom is 0.119 e. The number of rotatable bonds is 5. The van der Waals surface area contributed by atoms with Crippen LogP contribution >= 0.6 is 0 Å². The Hall–Kier alpha value is -1.06. The Morgan fingerprint density at radius 3 is 3.00 bits per heavy atom. The third-order valence-corrected chi connectivity index (χ3v) is 2.95. The Morgan fingerprint density at radius 1 is 1.38 bits per heavy atom. The van der Waals surface area contributed by atoms with Gasteiger partial charge in [0.2, 0.25) is 0 Å². The maximum atomic E-state index is 9.52. The van der Waals surface area contributed by atoms with E-state index in [9.17, 15) is 5.11 Å². The lowest BCUT2D eigenvalue weighted by atomic mass is 10.1. The highest BCUT2D eigenvalue weighted by atomic mass is 16.5. The molecular formula is C13H19NO2. The number of benzene rings is 1. The van der Waals surface area contributed by atoms with Crippen molar-refractivity contribution in [2.75, 3.05) is 20.2 Å². The van der Waals surface area contributed by atoms with E-state index < -0.39 is 6.10 Å². The molecule has 0 bridgehead atoms. The standard InChI is InChI=1S/C13H19NO2/c1-14-8-12(15)9-16-13-6-5-10-3-2-4-11(10)7-13/h5-7,12,14-15H,2-4,8-9H2,1H3. The van der Waals surface area contributed by atoms with Crippen LogP contribution in [0.25, 0.3) is 0 Å². The number of fused-ring (bicyclic) bond motifs is 1. The number of aryl methyl sites for hydroxylation is 2. The molecule has 2 N–H and O–H groups in total. The van der Waals surface area contributed by atoms with Crippen LogP contribution in [0.2, 0.25) is 0 Å². The van der Waals surface area contributed by atoms with Gasteiger partial charge in [-0.05, 0) is 49.6 Å². The van der Waals surface area contributed by atoms with E-state index >= 15 is 0 Å². The fourth-order valence-corrected chi connectivity index (χ4v) is 2.12. The van der Waals surface area contributed by atoms with Gasteiger partial charge in [-0.2, -0.15) is 0 Å². The van der Waals surface area contributed by atoms with Crippen molar-refractivity contribution in [1.29, 1.82) is 0 Å². The normalized spacial score (nSPS) is 15.9. The molecule has 1 atom stereocenters. The fraction of sp³-hybridized carbons (Fsp3) is 0.538. The lowest BCUT2D eigenvalue weighted by Crippen LogP contribution is -2.29. The van der Waals surface area contributed by atoms with Crippen molar-refractivity contribution in [2.45, 2.75) is 25.4 Å². The van der Waals surface area contributed by atoms with Crippen molar-refractivity contribution >= 4 is 0 Å². The molecule has 0 aliphatic heterocycles. The second kappa shape index (κ2) is 5.32. The number of aliphatic hydroxyl groups is 1. The number of nitrogens with one attached hydrogen (secondary N) is 1. The van der Waals surface area contributed by atoms with Gasteiger partial charge in [0.25, 0.3) is 0 Å². The maximum absolute atomic E-state index is 9.52. The number of hydrogen-bond donors (Lipinski definition) is 2. The van der Waals surface area contributed by atoms with E-state index in [1.54, 1.807) is 0 Å². The van der Waals surface area contributed by atoms with Gasteiger partial charge in [-0.3, -0.25) is 0 Å². The fourth-order valence-electron chi connectivity index (χ4n) is 2.12. The molecule has 3 heteroatoms. The molecule has 0 heterocycles. The molecule has 0 spiro atoms. The third-order valence-electron chi connectivity index (χ3n) is 2.95. The van der Waals surface area contributed by atoms with Gasteiger partial charge in [-0.15, -0.1) is 0 Å². The van der Waals surface area contributed by atoms with E-state index in [1.165, 1.54) is 24.0 Å². The third kappa shape index (κ3) is 2.74. The van der Waals surface area contributed by atoms with E-state index in [4.69, 9.17) is 4.74 Å². The van der Waals surface area contributed by atoms with Gasteiger partial charge in [-0.25, -0.2) is 0 Å². The molecule has 1 unspecified atom stereocenters. The van der Waals surface area contributed by atoms with Crippen LogP contribution in [0.15, 0.2) is 18.2 Å². The summed E-state index contributed by atoms with van der Waals surface area (Å²) < 4.78 is 5.56. The van der Waals surface area contributed by atoms with Crippen molar-refractivity contribution in [3.05, 3.63) is 29.3 Å². The molecule has 0 aromatic heterocycles. The number of ether oxygens (including phenoxy) is 1. The molecule has 88 valence electrons. The Labute approximate surface area is 96.4 Å². The highest BCUT2D eigenvalue weighted by Crippen LogP contribution is 2.25. The summed E-state index contributed by atoms with van der Waals surface area (Å²) in [6.45, 7) is 0.907. The molecule has 0 fully saturated rings. The topological polar surface area (TPSA) is 41.5 Å². The van der Waals surface area contributed by atoms with Crippen molar-refractivity contribution in [2.24, 2.45) is 0 Å². The summed E-state index contributed by atoms with van der Waals surface area (Å²) in [5.74, 6) is 0.871. The zero-order chi connectivity index (χ0) is 11.4. The van der Waals surface area contributed by atoms with E-state index in [1.807, 2.05) is 13.1 Å². The van der Waals surface area contributed by atoms with Gasteiger partial charge in [0.15, 0.2) is 0 Å². The summed E-state index contributed by atoms with van der Waals surface area (Å²) in [5, 5.41) is 12.4. The second-order valence-electron chi connectivity index (χ2n) is 4.31. The zero-order valence-corrected chi connectivity index (χ0v) is 9.70. The summed E-state index contributed by atoms with van der Waals surface area (Å²) in [6.07, 6.45) is 3.16. The van der Waals surface area contributed by atoms with Crippen LogP contribution in [0.4, 0.5) is 0 Å². The van der Waals surface area contributed by atoms with Gasteiger partial charge >= 0.3 is 0 Å². The Kier molecular flexibility index (Phi) is 3.80. The van der Waals surface area contributed by atoms with E-state index in [-0.39, 0.29) is 0 Å². The van der Waals surface area contributed by atoms with Crippen LogP contribution in [0, 0.1) is 0 Å². The average Bonchev–Trinajstić information content (AvgIpc) is 2.74. The van der Waals surface area contributed by atoms with Crippen LogP contribution in [0.5, 0.6) is 5.75 Å². The minimum atomic E-state index is -0.446. The molecule has 0 amide bonds. The quantitative estimate of drug-likeness (QED) is 0.783. The first-order chi connectivity index (χ1) is 7.79. The van der Waals surface area contributed by atoms with Gasteiger partial charge < -0.3 is 15.2 Å². The second-order valence-corrected chi connectivity index (χ2v) is 4.31. The first-order valence-electron chi connectivity index (χ1n) is 5.87. The summed E-state index contributed by atoms with van der Waals surface area (Å²) in [5.41, 5.74) is 2.85. The van der Waals surface area contributed by atoms with Gasteiger partial charge in [0.1, 0.15) is 18.5 Å².